The first-order valence-electron chi connectivity index (χ1n) is 6.25. The third-order valence-electron chi connectivity index (χ3n) is 3.96. The maximum Gasteiger partial charge on any atom is 0.0703 e. The molecule has 0 amide bonds. The van der Waals surface area contributed by atoms with Gasteiger partial charge in [0.15, 0.2) is 0 Å². The van der Waals surface area contributed by atoms with Crippen molar-refractivity contribution in [1.29, 1.82) is 0 Å². The molecule has 2 aliphatic heterocycles. The van der Waals surface area contributed by atoms with Gasteiger partial charge in [-0.25, -0.2) is 0 Å². The minimum Gasteiger partial charge on any atom is -0.364 e. The van der Waals surface area contributed by atoms with E-state index in [-0.39, 0.29) is 0 Å². The third kappa shape index (κ3) is 1.42. The maximum absolute atomic E-state index is 4.55. The SMILES string of the molecule is c1ccc2ncc(N3C[C@@H]4C[C@H]3CN4)cc2c1. The Morgan fingerprint density at radius 3 is 3.06 bits per heavy atom. The van der Waals surface area contributed by atoms with Crippen LogP contribution >= 0.6 is 0 Å². The number of nitrogens with zero attached hydrogens (tertiary/aromatic N) is 2. The number of hydrogen-bond donors (Lipinski definition) is 1. The molecule has 3 nitrogen and oxygen atoms in total. The molecule has 0 unspecified atom stereocenters. The lowest BCUT2D eigenvalue weighted by atomic mass is 10.2. The van der Waals surface area contributed by atoms with Crippen LogP contribution in [-0.2, 0) is 0 Å². The first kappa shape index (κ1) is 9.42. The lowest BCUT2D eigenvalue weighted by molar-refractivity contribution is 0.580. The van der Waals surface area contributed by atoms with Crippen LogP contribution in [0.1, 0.15) is 6.42 Å². The van der Waals surface area contributed by atoms with Crippen LogP contribution in [0.4, 0.5) is 5.69 Å². The first-order valence-corrected chi connectivity index (χ1v) is 6.25. The summed E-state index contributed by atoms with van der Waals surface area (Å²) in [5, 5.41) is 4.77. The van der Waals surface area contributed by atoms with Crippen LogP contribution in [0.2, 0.25) is 0 Å². The molecule has 3 heteroatoms. The van der Waals surface area contributed by atoms with Crippen molar-refractivity contribution in [2.75, 3.05) is 18.0 Å². The quantitative estimate of drug-likeness (QED) is 0.802. The maximum atomic E-state index is 4.55. The van der Waals surface area contributed by atoms with Gasteiger partial charge >= 0.3 is 0 Å². The molecule has 1 N–H and O–H groups in total. The summed E-state index contributed by atoms with van der Waals surface area (Å²) in [5.74, 6) is 0. The summed E-state index contributed by atoms with van der Waals surface area (Å²) < 4.78 is 0. The number of pyridine rings is 1. The molecule has 2 saturated heterocycles. The van der Waals surface area contributed by atoms with Gasteiger partial charge in [-0.3, -0.25) is 4.98 Å². The van der Waals surface area contributed by atoms with Crippen LogP contribution in [0.5, 0.6) is 0 Å². The van der Waals surface area contributed by atoms with Gasteiger partial charge in [0.25, 0.3) is 0 Å². The Bertz CT molecular complexity index is 566. The Morgan fingerprint density at radius 2 is 2.24 bits per heavy atom. The molecule has 2 bridgehead atoms. The van der Waals surface area contributed by atoms with Gasteiger partial charge in [-0.15, -0.1) is 0 Å². The Hall–Kier alpha value is -1.61. The smallest absolute Gasteiger partial charge is 0.0703 e. The minimum absolute atomic E-state index is 0.669. The predicted octanol–water partition coefficient (Wildman–Crippen LogP) is 1.79. The molecule has 0 radical (unpaired) electrons. The molecule has 4 rings (SSSR count). The number of aromatic nitrogens is 1. The lowest BCUT2D eigenvalue weighted by Gasteiger charge is -2.29. The van der Waals surface area contributed by atoms with Crippen molar-refractivity contribution in [3.05, 3.63) is 36.5 Å². The zero-order chi connectivity index (χ0) is 11.2. The molecule has 0 spiro atoms. The van der Waals surface area contributed by atoms with E-state index in [1.54, 1.807) is 0 Å². The van der Waals surface area contributed by atoms with Crippen molar-refractivity contribution in [2.24, 2.45) is 0 Å². The van der Waals surface area contributed by atoms with Crippen molar-refractivity contribution in [3.8, 4) is 0 Å². The second-order valence-corrected chi connectivity index (χ2v) is 5.03. The van der Waals surface area contributed by atoms with E-state index in [0.717, 1.165) is 18.6 Å². The second kappa shape index (κ2) is 3.44. The summed E-state index contributed by atoms with van der Waals surface area (Å²) in [5.41, 5.74) is 2.36. The Morgan fingerprint density at radius 1 is 1.29 bits per heavy atom. The van der Waals surface area contributed by atoms with Crippen LogP contribution in [0, 0.1) is 0 Å². The van der Waals surface area contributed by atoms with E-state index in [4.69, 9.17) is 0 Å². The summed E-state index contributed by atoms with van der Waals surface area (Å²) in [4.78, 5) is 7.05. The van der Waals surface area contributed by atoms with Crippen LogP contribution in [0.3, 0.4) is 0 Å². The van der Waals surface area contributed by atoms with Gasteiger partial charge in [-0.05, 0) is 18.6 Å². The highest BCUT2D eigenvalue weighted by Gasteiger charge is 2.37. The number of anilines is 1. The van der Waals surface area contributed by atoms with E-state index >= 15 is 0 Å². The fourth-order valence-electron chi connectivity index (χ4n) is 3.09. The number of hydrogen-bond acceptors (Lipinski definition) is 3. The number of fused-ring (bicyclic) bond motifs is 3. The molecule has 3 heterocycles. The summed E-state index contributed by atoms with van der Waals surface area (Å²) >= 11 is 0. The van der Waals surface area contributed by atoms with Gasteiger partial charge in [0.05, 0.1) is 17.4 Å². The van der Waals surface area contributed by atoms with Gasteiger partial charge in [0.1, 0.15) is 0 Å². The molecule has 86 valence electrons. The van der Waals surface area contributed by atoms with Crippen molar-refractivity contribution < 1.29 is 0 Å². The number of rotatable bonds is 1. The van der Waals surface area contributed by atoms with Crippen LogP contribution in [0.25, 0.3) is 10.9 Å². The average Bonchev–Trinajstić information content (AvgIpc) is 3.00. The highest BCUT2D eigenvalue weighted by atomic mass is 15.3. The number of nitrogens with one attached hydrogen (secondary N) is 1. The molecule has 0 saturated carbocycles. The summed E-state index contributed by atoms with van der Waals surface area (Å²) in [6.07, 6.45) is 3.30. The molecule has 0 aliphatic carbocycles. The van der Waals surface area contributed by atoms with Crippen molar-refractivity contribution in [2.45, 2.75) is 18.5 Å². The number of piperazine rings is 1. The number of para-hydroxylation sites is 1. The Balaban J connectivity index is 1.76. The molecular formula is C14H15N3. The molecule has 2 aliphatic rings. The monoisotopic (exact) mass is 225 g/mol. The summed E-state index contributed by atoms with van der Waals surface area (Å²) in [7, 11) is 0. The first-order chi connectivity index (χ1) is 8.40. The zero-order valence-corrected chi connectivity index (χ0v) is 9.63. The van der Waals surface area contributed by atoms with E-state index in [2.05, 4.69) is 39.5 Å². The standard InChI is InChI=1S/C14H15N3/c1-2-4-14-10(3-1)5-12(8-16-14)17-9-11-6-13(17)7-15-11/h1-5,8,11,13,15H,6-7,9H2/t11-,13-/m0/s1. The molecule has 17 heavy (non-hydrogen) atoms. The van der Waals surface area contributed by atoms with Crippen molar-refractivity contribution in [3.63, 3.8) is 0 Å². The van der Waals surface area contributed by atoms with E-state index in [0.29, 0.717) is 12.1 Å². The highest BCUT2D eigenvalue weighted by Crippen LogP contribution is 2.30. The molecule has 2 fully saturated rings. The van der Waals surface area contributed by atoms with E-state index in [9.17, 15) is 0 Å². The van der Waals surface area contributed by atoms with Crippen LogP contribution in [-0.4, -0.2) is 30.2 Å². The molecule has 2 atom stereocenters. The molecule has 2 aromatic rings. The third-order valence-corrected chi connectivity index (χ3v) is 3.96. The molecule has 1 aromatic heterocycles. The average molecular weight is 225 g/mol. The molecular weight excluding hydrogens is 210 g/mol. The summed E-state index contributed by atoms with van der Waals surface area (Å²) in [6, 6.07) is 11.9. The summed E-state index contributed by atoms with van der Waals surface area (Å²) in [6.45, 7) is 2.25. The largest absolute Gasteiger partial charge is 0.364 e. The Labute approximate surface area is 100 Å². The lowest BCUT2D eigenvalue weighted by Crippen LogP contribution is -2.43. The van der Waals surface area contributed by atoms with E-state index in [1.165, 1.54) is 17.5 Å². The topological polar surface area (TPSA) is 28.2 Å². The highest BCUT2D eigenvalue weighted by molar-refractivity contribution is 5.81. The van der Waals surface area contributed by atoms with Gasteiger partial charge in [0.2, 0.25) is 0 Å². The number of benzene rings is 1. The van der Waals surface area contributed by atoms with Crippen LogP contribution in [0.15, 0.2) is 36.5 Å². The van der Waals surface area contributed by atoms with Gasteiger partial charge in [-0.1, -0.05) is 18.2 Å². The Kier molecular flexibility index (Phi) is 1.91. The van der Waals surface area contributed by atoms with E-state index < -0.39 is 0 Å². The zero-order valence-electron chi connectivity index (χ0n) is 9.63. The van der Waals surface area contributed by atoms with Crippen molar-refractivity contribution in [1.82, 2.24) is 10.3 Å². The molecule has 1 aromatic carbocycles. The minimum atomic E-state index is 0.669. The van der Waals surface area contributed by atoms with Gasteiger partial charge in [0, 0.05) is 30.6 Å². The van der Waals surface area contributed by atoms with Gasteiger partial charge < -0.3 is 10.2 Å². The second-order valence-electron chi connectivity index (χ2n) is 5.03. The predicted molar refractivity (Wildman–Crippen MR) is 69.3 cm³/mol. The van der Waals surface area contributed by atoms with Gasteiger partial charge in [-0.2, -0.15) is 0 Å². The van der Waals surface area contributed by atoms with Crippen molar-refractivity contribution >= 4 is 16.6 Å². The normalized spacial score (nSPS) is 26.9. The van der Waals surface area contributed by atoms with Crippen LogP contribution < -0.4 is 10.2 Å². The fraction of sp³-hybridized carbons (Fsp3) is 0.357. The fourth-order valence-corrected chi connectivity index (χ4v) is 3.09. The van der Waals surface area contributed by atoms with E-state index in [1.807, 2.05) is 12.3 Å².